The van der Waals surface area contributed by atoms with Gasteiger partial charge in [0.2, 0.25) is 5.78 Å². The Kier molecular flexibility index (Phi) is 6.31. The number of carbonyl (C=O) groups is 4. The van der Waals surface area contributed by atoms with E-state index in [1.807, 2.05) is 6.92 Å². The third-order valence-corrected chi connectivity index (χ3v) is 5.95. The van der Waals surface area contributed by atoms with Gasteiger partial charge in [-0.25, -0.2) is 0 Å². The van der Waals surface area contributed by atoms with E-state index in [1.165, 1.54) is 12.1 Å². The summed E-state index contributed by atoms with van der Waals surface area (Å²) < 4.78 is 5.50. The van der Waals surface area contributed by atoms with E-state index in [9.17, 15) is 19.2 Å². The van der Waals surface area contributed by atoms with Gasteiger partial charge in [0.1, 0.15) is 6.54 Å². The second-order valence-electron chi connectivity index (χ2n) is 7.52. The van der Waals surface area contributed by atoms with Gasteiger partial charge in [0.15, 0.2) is 6.10 Å². The first-order valence-electron chi connectivity index (χ1n) is 9.97. The van der Waals surface area contributed by atoms with Gasteiger partial charge in [-0.2, -0.15) is 0 Å². The number of imide groups is 1. The Morgan fingerprint density at radius 1 is 0.879 bits per heavy atom. The largest absolute Gasteiger partial charge is 0.448 e. The van der Waals surface area contributed by atoms with Crippen molar-refractivity contribution in [1.82, 2.24) is 4.90 Å². The van der Waals surface area contributed by atoms with Gasteiger partial charge in [0, 0.05) is 11.1 Å². The predicted octanol–water partition coefficient (Wildman–Crippen LogP) is 5.07. The summed E-state index contributed by atoms with van der Waals surface area (Å²) >= 11 is 11.9. The van der Waals surface area contributed by atoms with Crippen LogP contribution in [0.2, 0.25) is 10.0 Å². The maximum Gasteiger partial charge on any atom is 0.327 e. The highest BCUT2D eigenvalue weighted by molar-refractivity contribution is 6.43. The van der Waals surface area contributed by atoms with Crippen LogP contribution in [0.25, 0.3) is 0 Å². The second-order valence-corrected chi connectivity index (χ2v) is 8.33. The molecular weight excluding hydrogens is 465 g/mol. The smallest absolute Gasteiger partial charge is 0.327 e. The molecule has 0 radical (unpaired) electrons. The zero-order chi connectivity index (χ0) is 23.7. The number of fused-ring (bicyclic) bond motifs is 1. The van der Waals surface area contributed by atoms with E-state index in [0.29, 0.717) is 11.1 Å². The average Bonchev–Trinajstić information content (AvgIpc) is 3.02. The quantitative estimate of drug-likeness (QED) is 0.279. The minimum Gasteiger partial charge on any atom is -0.448 e. The summed E-state index contributed by atoms with van der Waals surface area (Å²) in [6.07, 6.45) is -1.24. The highest BCUT2D eigenvalue weighted by atomic mass is 35.5. The Morgan fingerprint density at radius 3 is 1.97 bits per heavy atom. The van der Waals surface area contributed by atoms with E-state index < -0.39 is 36.2 Å². The number of rotatable bonds is 6. The Labute approximate surface area is 199 Å². The van der Waals surface area contributed by atoms with Gasteiger partial charge in [0.25, 0.3) is 11.8 Å². The lowest BCUT2D eigenvalue weighted by Gasteiger charge is -2.19. The van der Waals surface area contributed by atoms with Crippen LogP contribution >= 0.6 is 23.2 Å². The lowest BCUT2D eigenvalue weighted by Crippen LogP contribution is -2.36. The highest BCUT2D eigenvalue weighted by Gasteiger charge is 2.38. The molecule has 8 heteroatoms. The van der Waals surface area contributed by atoms with Gasteiger partial charge in [-0.1, -0.05) is 83.4 Å². The second kappa shape index (κ2) is 9.17. The van der Waals surface area contributed by atoms with Crippen molar-refractivity contribution in [1.29, 1.82) is 0 Å². The summed E-state index contributed by atoms with van der Waals surface area (Å²) in [6, 6.07) is 18.0. The van der Waals surface area contributed by atoms with Crippen LogP contribution < -0.4 is 0 Å². The number of aryl methyl sites for hydroxylation is 1. The fourth-order valence-corrected chi connectivity index (χ4v) is 3.82. The van der Waals surface area contributed by atoms with Crippen molar-refractivity contribution in [2.45, 2.75) is 13.0 Å². The molecule has 0 bridgehead atoms. The van der Waals surface area contributed by atoms with Crippen molar-refractivity contribution in [3.05, 3.63) is 105 Å². The molecule has 1 atom stereocenters. The zero-order valence-electron chi connectivity index (χ0n) is 17.4. The van der Waals surface area contributed by atoms with Crippen LogP contribution in [0.5, 0.6) is 0 Å². The number of Topliss-reactive ketones (excluding diaryl/α,β-unsaturated/α-hetero) is 1. The van der Waals surface area contributed by atoms with Gasteiger partial charge in [0.05, 0.1) is 21.2 Å². The van der Waals surface area contributed by atoms with Crippen molar-refractivity contribution in [2.24, 2.45) is 0 Å². The summed E-state index contributed by atoms with van der Waals surface area (Å²) in [5, 5.41) is 0.239. The summed E-state index contributed by atoms with van der Waals surface area (Å²) in [5.74, 6) is -2.70. The third kappa shape index (κ3) is 4.53. The topological polar surface area (TPSA) is 80.8 Å². The average molecular weight is 482 g/mol. The number of amides is 2. The van der Waals surface area contributed by atoms with Gasteiger partial charge in [-0.15, -0.1) is 0 Å². The first-order chi connectivity index (χ1) is 15.8. The minimum atomic E-state index is -1.24. The van der Waals surface area contributed by atoms with Crippen LogP contribution in [0.3, 0.4) is 0 Å². The Hall–Kier alpha value is -3.48. The number of hydrogen-bond acceptors (Lipinski definition) is 5. The van der Waals surface area contributed by atoms with Crippen molar-refractivity contribution >= 4 is 46.8 Å². The van der Waals surface area contributed by atoms with Gasteiger partial charge in [-0.3, -0.25) is 24.1 Å². The molecule has 1 heterocycles. The fourth-order valence-electron chi connectivity index (χ4n) is 3.50. The number of esters is 1. The number of ketones is 1. The van der Waals surface area contributed by atoms with Crippen LogP contribution in [0.15, 0.2) is 66.7 Å². The van der Waals surface area contributed by atoms with Crippen LogP contribution in [-0.2, 0) is 9.53 Å². The molecule has 0 N–H and O–H groups in total. The molecule has 0 saturated carbocycles. The van der Waals surface area contributed by atoms with E-state index in [0.717, 1.165) is 10.5 Å². The molecule has 166 valence electrons. The molecule has 0 fully saturated rings. The molecule has 4 rings (SSSR count). The monoisotopic (exact) mass is 481 g/mol. The van der Waals surface area contributed by atoms with Crippen molar-refractivity contribution in [3.63, 3.8) is 0 Å². The molecule has 33 heavy (non-hydrogen) atoms. The maximum absolute atomic E-state index is 13.2. The molecule has 0 aliphatic carbocycles. The summed E-state index contributed by atoms with van der Waals surface area (Å²) in [6.45, 7) is 1.23. The summed E-state index contributed by atoms with van der Waals surface area (Å²) in [7, 11) is 0. The Balaban J connectivity index is 1.56. The van der Waals surface area contributed by atoms with Crippen molar-refractivity contribution < 1.29 is 23.9 Å². The van der Waals surface area contributed by atoms with Crippen molar-refractivity contribution in [3.8, 4) is 0 Å². The number of hydrogen-bond donors (Lipinski definition) is 0. The molecular formula is C25H17Cl2NO5. The number of carbonyl (C=O) groups excluding carboxylic acids is 4. The molecule has 1 aliphatic rings. The molecule has 3 aromatic rings. The standard InChI is InChI=1S/C25H17Cl2NO5/c1-14-7-9-15(10-8-14)22(30)23(16-5-3-2-4-6-16)33-21(29)13-28-24(31)17-11-19(26)20(27)12-18(17)25(28)32/h2-12,23H,13H2,1H3/t23-/m0/s1. The summed E-state index contributed by atoms with van der Waals surface area (Å²) in [5.41, 5.74) is 1.92. The molecule has 1 aliphatic heterocycles. The van der Waals surface area contributed by atoms with Gasteiger partial charge >= 0.3 is 5.97 Å². The van der Waals surface area contributed by atoms with E-state index in [2.05, 4.69) is 0 Å². The number of halogens is 2. The zero-order valence-corrected chi connectivity index (χ0v) is 18.9. The highest BCUT2D eigenvalue weighted by Crippen LogP contribution is 2.32. The number of benzene rings is 3. The predicted molar refractivity (Wildman–Crippen MR) is 123 cm³/mol. The molecule has 2 amide bonds. The third-order valence-electron chi connectivity index (χ3n) is 5.22. The van der Waals surface area contributed by atoms with Crippen LogP contribution in [0.4, 0.5) is 0 Å². The van der Waals surface area contributed by atoms with E-state index in [-0.39, 0.29) is 21.2 Å². The molecule has 0 unspecified atom stereocenters. The Morgan fingerprint density at radius 2 is 1.42 bits per heavy atom. The molecule has 0 saturated heterocycles. The SMILES string of the molecule is Cc1ccc(C(=O)[C@@H](OC(=O)CN2C(=O)c3cc(Cl)c(Cl)cc3C2=O)c2ccccc2)cc1. The number of nitrogens with zero attached hydrogens (tertiary/aromatic N) is 1. The van der Waals surface area contributed by atoms with E-state index in [4.69, 9.17) is 27.9 Å². The van der Waals surface area contributed by atoms with Gasteiger partial charge < -0.3 is 4.74 Å². The van der Waals surface area contributed by atoms with Crippen LogP contribution in [-0.4, -0.2) is 35.0 Å². The van der Waals surface area contributed by atoms with E-state index >= 15 is 0 Å². The molecule has 0 aromatic heterocycles. The summed E-state index contributed by atoms with van der Waals surface area (Å²) in [4.78, 5) is 52.0. The fraction of sp³-hybridized carbons (Fsp3) is 0.120. The van der Waals surface area contributed by atoms with Crippen molar-refractivity contribution in [2.75, 3.05) is 6.54 Å². The Bertz CT molecular complexity index is 1230. The minimum absolute atomic E-state index is 0.0533. The lowest BCUT2D eigenvalue weighted by atomic mass is 9.99. The normalized spacial score (nSPS) is 13.6. The first-order valence-corrected chi connectivity index (χ1v) is 10.7. The van der Waals surface area contributed by atoms with Gasteiger partial charge in [-0.05, 0) is 19.1 Å². The van der Waals surface area contributed by atoms with E-state index in [1.54, 1.807) is 54.6 Å². The number of ether oxygens (including phenoxy) is 1. The molecule has 0 spiro atoms. The van der Waals surface area contributed by atoms with Crippen LogP contribution in [0.1, 0.15) is 48.3 Å². The van der Waals surface area contributed by atoms with Crippen LogP contribution in [0, 0.1) is 6.92 Å². The molecule has 6 nitrogen and oxygen atoms in total. The lowest BCUT2D eigenvalue weighted by molar-refractivity contribution is -0.147. The molecule has 3 aromatic carbocycles. The maximum atomic E-state index is 13.2. The first kappa shape index (κ1) is 22.7.